The number of aromatic nitrogens is 1. The molecule has 0 radical (unpaired) electrons. The van der Waals surface area contributed by atoms with Crippen LogP contribution in [0.3, 0.4) is 0 Å². The lowest BCUT2D eigenvalue weighted by Gasteiger charge is -2.22. The summed E-state index contributed by atoms with van der Waals surface area (Å²) in [4.78, 5) is 4.42. The number of anilines is 2. The Morgan fingerprint density at radius 3 is 2.83 bits per heavy atom. The molecule has 0 saturated carbocycles. The van der Waals surface area contributed by atoms with Crippen molar-refractivity contribution >= 4 is 22.3 Å². The van der Waals surface area contributed by atoms with E-state index in [1.165, 1.54) is 0 Å². The van der Waals surface area contributed by atoms with E-state index in [1.54, 1.807) is 6.20 Å². The minimum absolute atomic E-state index is 0.819. The molecule has 2 heterocycles. The van der Waals surface area contributed by atoms with Crippen molar-refractivity contribution in [3.63, 3.8) is 0 Å². The highest BCUT2D eigenvalue weighted by Crippen LogP contribution is 2.44. The van der Waals surface area contributed by atoms with Gasteiger partial charge in [-0.3, -0.25) is 4.98 Å². The number of hydrogen-bond donors (Lipinski definition) is 1. The zero-order chi connectivity index (χ0) is 11.9. The quantitative estimate of drug-likeness (QED) is 0.497. The largest absolute Gasteiger partial charge is 0.453 e. The van der Waals surface area contributed by atoms with Gasteiger partial charge in [-0.1, -0.05) is 18.2 Å². The minimum atomic E-state index is 0.819. The maximum absolute atomic E-state index is 5.88. The molecule has 3 heteroatoms. The molecule has 0 bridgehead atoms. The summed E-state index contributed by atoms with van der Waals surface area (Å²) in [6, 6.07) is 15.9. The van der Waals surface area contributed by atoms with Crippen molar-refractivity contribution in [2.24, 2.45) is 0 Å². The number of rotatable bonds is 0. The van der Waals surface area contributed by atoms with Crippen molar-refractivity contribution in [3.05, 3.63) is 54.7 Å². The van der Waals surface area contributed by atoms with Gasteiger partial charge in [-0.25, -0.2) is 0 Å². The first-order valence-corrected chi connectivity index (χ1v) is 5.83. The summed E-state index contributed by atoms with van der Waals surface area (Å²) in [6.07, 6.45) is 1.80. The molecule has 0 fully saturated rings. The maximum Gasteiger partial charge on any atom is 0.153 e. The Morgan fingerprint density at radius 2 is 1.83 bits per heavy atom. The Kier molecular flexibility index (Phi) is 1.83. The Bertz CT molecular complexity index is 752. The summed E-state index contributed by atoms with van der Waals surface area (Å²) in [5.74, 6) is 1.67. The number of benzene rings is 2. The van der Waals surface area contributed by atoms with Crippen LogP contribution in [-0.4, -0.2) is 4.98 Å². The number of ether oxygens (including phenoxy) is 1. The predicted molar refractivity (Wildman–Crippen MR) is 71.5 cm³/mol. The number of hydrogen-bond acceptors (Lipinski definition) is 3. The van der Waals surface area contributed by atoms with E-state index in [0.29, 0.717) is 0 Å². The van der Waals surface area contributed by atoms with Gasteiger partial charge in [0.1, 0.15) is 5.69 Å². The van der Waals surface area contributed by atoms with Gasteiger partial charge in [-0.05, 0) is 30.3 Å². The summed E-state index contributed by atoms with van der Waals surface area (Å²) >= 11 is 0. The highest BCUT2D eigenvalue weighted by Gasteiger charge is 2.18. The summed E-state index contributed by atoms with van der Waals surface area (Å²) in [6.45, 7) is 0. The molecule has 0 unspecified atom stereocenters. The fourth-order valence-electron chi connectivity index (χ4n) is 2.24. The van der Waals surface area contributed by atoms with Gasteiger partial charge in [0, 0.05) is 11.6 Å². The van der Waals surface area contributed by atoms with E-state index in [4.69, 9.17) is 4.74 Å². The van der Waals surface area contributed by atoms with Crippen molar-refractivity contribution in [1.82, 2.24) is 4.98 Å². The summed E-state index contributed by atoms with van der Waals surface area (Å²) < 4.78 is 5.88. The SMILES string of the molecule is c1ccc2c(c1)Nc1c(ccc3cccnc13)O2. The van der Waals surface area contributed by atoms with E-state index in [0.717, 1.165) is 33.8 Å². The van der Waals surface area contributed by atoms with Gasteiger partial charge in [0.25, 0.3) is 0 Å². The van der Waals surface area contributed by atoms with E-state index >= 15 is 0 Å². The third kappa shape index (κ3) is 1.27. The van der Waals surface area contributed by atoms with Crippen LogP contribution in [0.15, 0.2) is 54.7 Å². The first-order valence-electron chi connectivity index (χ1n) is 5.83. The molecule has 0 atom stereocenters. The molecule has 3 aromatic rings. The maximum atomic E-state index is 5.88. The smallest absolute Gasteiger partial charge is 0.153 e. The monoisotopic (exact) mass is 234 g/mol. The molecule has 1 aliphatic heterocycles. The van der Waals surface area contributed by atoms with E-state index < -0.39 is 0 Å². The number of nitrogens with zero attached hydrogens (tertiary/aromatic N) is 1. The van der Waals surface area contributed by atoms with Crippen molar-refractivity contribution in [2.45, 2.75) is 0 Å². The zero-order valence-electron chi connectivity index (χ0n) is 9.55. The van der Waals surface area contributed by atoms with Crippen molar-refractivity contribution in [1.29, 1.82) is 0 Å². The van der Waals surface area contributed by atoms with E-state index in [9.17, 15) is 0 Å². The van der Waals surface area contributed by atoms with Gasteiger partial charge in [0.2, 0.25) is 0 Å². The van der Waals surface area contributed by atoms with Gasteiger partial charge >= 0.3 is 0 Å². The van der Waals surface area contributed by atoms with E-state index in [-0.39, 0.29) is 0 Å². The normalized spacial score (nSPS) is 12.2. The van der Waals surface area contributed by atoms with Crippen molar-refractivity contribution in [3.8, 4) is 11.5 Å². The van der Waals surface area contributed by atoms with Crippen molar-refractivity contribution in [2.75, 3.05) is 5.32 Å². The second kappa shape index (κ2) is 3.47. The van der Waals surface area contributed by atoms with E-state index in [1.807, 2.05) is 48.5 Å². The third-order valence-electron chi connectivity index (χ3n) is 3.10. The Labute approximate surface area is 104 Å². The van der Waals surface area contributed by atoms with Crippen LogP contribution in [0, 0.1) is 0 Å². The molecule has 0 aliphatic carbocycles. The summed E-state index contributed by atoms with van der Waals surface area (Å²) in [5.41, 5.74) is 2.85. The Balaban J connectivity index is 1.98. The van der Waals surface area contributed by atoms with Gasteiger partial charge in [0.05, 0.1) is 11.2 Å². The Morgan fingerprint density at radius 1 is 0.889 bits per heavy atom. The lowest BCUT2D eigenvalue weighted by atomic mass is 10.1. The molecule has 4 rings (SSSR count). The van der Waals surface area contributed by atoms with Gasteiger partial charge < -0.3 is 10.1 Å². The molecular formula is C15H10N2O. The predicted octanol–water partition coefficient (Wildman–Crippen LogP) is 4.08. The highest BCUT2D eigenvalue weighted by atomic mass is 16.5. The molecule has 1 aromatic heterocycles. The lowest BCUT2D eigenvalue weighted by Crippen LogP contribution is -2.03. The van der Waals surface area contributed by atoms with Gasteiger partial charge in [-0.15, -0.1) is 0 Å². The summed E-state index contributed by atoms with van der Waals surface area (Å²) in [5, 5.41) is 4.50. The van der Waals surface area contributed by atoms with Crippen LogP contribution in [0.5, 0.6) is 11.5 Å². The van der Waals surface area contributed by atoms with Crippen LogP contribution >= 0.6 is 0 Å². The van der Waals surface area contributed by atoms with Crippen molar-refractivity contribution < 1.29 is 4.74 Å². The Hall–Kier alpha value is -2.55. The summed E-state index contributed by atoms with van der Waals surface area (Å²) in [7, 11) is 0. The van der Waals surface area contributed by atoms with Crippen LogP contribution in [0.4, 0.5) is 11.4 Å². The van der Waals surface area contributed by atoms with Gasteiger partial charge in [0.15, 0.2) is 11.5 Å². The fraction of sp³-hybridized carbons (Fsp3) is 0. The zero-order valence-corrected chi connectivity index (χ0v) is 9.55. The van der Waals surface area contributed by atoms with Crippen LogP contribution in [0.1, 0.15) is 0 Å². The van der Waals surface area contributed by atoms with Crippen LogP contribution in [-0.2, 0) is 0 Å². The molecule has 0 spiro atoms. The molecule has 0 saturated heterocycles. The van der Waals surface area contributed by atoms with Gasteiger partial charge in [-0.2, -0.15) is 0 Å². The average molecular weight is 234 g/mol. The van der Waals surface area contributed by atoms with E-state index in [2.05, 4.69) is 10.3 Å². The number of para-hydroxylation sites is 2. The van der Waals surface area contributed by atoms with Crippen LogP contribution in [0.2, 0.25) is 0 Å². The third-order valence-corrected chi connectivity index (χ3v) is 3.10. The number of nitrogens with one attached hydrogen (secondary N) is 1. The number of pyridine rings is 1. The minimum Gasteiger partial charge on any atom is -0.453 e. The van der Waals surface area contributed by atoms with Crippen LogP contribution < -0.4 is 10.1 Å². The molecule has 1 N–H and O–H groups in total. The average Bonchev–Trinajstić information content (AvgIpc) is 2.45. The fourth-order valence-corrected chi connectivity index (χ4v) is 2.24. The molecule has 1 aliphatic rings. The topological polar surface area (TPSA) is 34.2 Å². The number of fused-ring (bicyclic) bond motifs is 4. The standard InChI is InChI=1S/C15H10N2O/c1-2-6-12-11(5-1)17-15-13(18-12)8-7-10-4-3-9-16-14(10)15/h1-9,17H. The molecule has 18 heavy (non-hydrogen) atoms. The lowest BCUT2D eigenvalue weighted by molar-refractivity contribution is 0.482. The molecular weight excluding hydrogens is 224 g/mol. The highest BCUT2D eigenvalue weighted by molar-refractivity contribution is 5.97. The molecule has 0 amide bonds. The second-order valence-corrected chi connectivity index (χ2v) is 4.24. The molecule has 86 valence electrons. The van der Waals surface area contributed by atoms with Crippen LogP contribution in [0.25, 0.3) is 10.9 Å². The second-order valence-electron chi connectivity index (χ2n) is 4.24. The first kappa shape index (κ1) is 9.48. The molecule has 3 nitrogen and oxygen atoms in total. The molecule has 2 aromatic carbocycles. The first-order chi connectivity index (χ1) is 8.92.